The molecule has 2 aromatic rings. The van der Waals surface area contributed by atoms with Crippen LogP contribution in [0, 0.1) is 12.7 Å². The van der Waals surface area contributed by atoms with Gasteiger partial charge in [0.1, 0.15) is 5.82 Å². The summed E-state index contributed by atoms with van der Waals surface area (Å²) in [6.45, 7) is 5.67. The van der Waals surface area contributed by atoms with E-state index in [1.807, 2.05) is 13.8 Å². The molecule has 0 bridgehead atoms. The Bertz CT molecular complexity index is 915. The number of benzene rings is 1. The monoisotopic (exact) mass is 537 g/mol. The van der Waals surface area contributed by atoms with Crippen molar-refractivity contribution in [1.29, 1.82) is 0 Å². The summed E-state index contributed by atoms with van der Waals surface area (Å²) in [6, 6.07) is 6.32. The Labute approximate surface area is 189 Å². The number of sulfonamides is 1. The minimum atomic E-state index is -3.52. The van der Waals surface area contributed by atoms with Crippen LogP contribution in [0.5, 0.6) is 0 Å². The van der Waals surface area contributed by atoms with E-state index in [1.54, 1.807) is 36.1 Å². The Morgan fingerprint density at radius 1 is 1.21 bits per heavy atom. The maximum Gasteiger partial charge on any atom is 0.242 e. The van der Waals surface area contributed by atoms with Gasteiger partial charge in [0.2, 0.25) is 10.0 Å². The average molecular weight is 537 g/mol. The van der Waals surface area contributed by atoms with E-state index < -0.39 is 10.0 Å². The van der Waals surface area contributed by atoms with E-state index in [2.05, 4.69) is 20.3 Å². The van der Waals surface area contributed by atoms with Crippen LogP contribution in [0.1, 0.15) is 18.1 Å². The number of guanidine groups is 1. The van der Waals surface area contributed by atoms with Crippen molar-refractivity contribution in [2.75, 3.05) is 26.2 Å². The van der Waals surface area contributed by atoms with Gasteiger partial charge in [0.05, 0.1) is 11.4 Å². The van der Waals surface area contributed by atoms with Crippen molar-refractivity contribution in [1.82, 2.24) is 19.9 Å². The molecular formula is C19H29FIN5O2S. The van der Waals surface area contributed by atoms with Crippen LogP contribution in [0.2, 0.25) is 0 Å². The molecule has 3 N–H and O–H groups in total. The third-order valence-electron chi connectivity index (χ3n) is 4.12. The number of aliphatic imine (C=N–C) groups is 1. The Kier molecular flexibility index (Phi) is 10.6. The summed E-state index contributed by atoms with van der Waals surface area (Å²) < 4.78 is 41.7. The smallest absolute Gasteiger partial charge is 0.242 e. The van der Waals surface area contributed by atoms with Gasteiger partial charge < -0.3 is 15.2 Å². The van der Waals surface area contributed by atoms with Crippen LogP contribution in [0.15, 0.2) is 46.5 Å². The van der Waals surface area contributed by atoms with Gasteiger partial charge >= 0.3 is 0 Å². The second-order valence-corrected chi connectivity index (χ2v) is 8.19. The van der Waals surface area contributed by atoms with E-state index >= 15 is 0 Å². The van der Waals surface area contributed by atoms with Crippen LogP contribution in [-0.4, -0.2) is 45.1 Å². The van der Waals surface area contributed by atoms with Crippen molar-refractivity contribution in [3.63, 3.8) is 0 Å². The van der Waals surface area contributed by atoms with Gasteiger partial charge in [-0.2, -0.15) is 0 Å². The van der Waals surface area contributed by atoms with Gasteiger partial charge in [-0.25, -0.2) is 17.5 Å². The fourth-order valence-electron chi connectivity index (χ4n) is 2.66. The number of aryl methyl sites for hydroxylation is 2. The van der Waals surface area contributed by atoms with E-state index in [0.29, 0.717) is 25.6 Å². The Morgan fingerprint density at radius 3 is 2.59 bits per heavy atom. The summed E-state index contributed by atoms with van der Waals surface area (Å²) in [7, 11) is -1.75. The highest BCUT2D eigenvalue weighted by Gasteiger charge is 2.13. The van der Waals surface area contributed by atoms with Gasteiger partial charge in [0.15, 0.2) is 5.96 Å². The molecule has 0 aliphatic carbocycles. The summed E-state index contributed by atoms with van der Waals surface area (Å²) in [4.78, 5) is 4.62. The van der Waals surface area contributed by atoms with Gasteiger partial charge in [0, 0.05) is 39.1 Å². The second kappa shape index (κ2) is 12.1. The number of nitrogens with one attached hydrogen (secondary N) is 3. The zero-order valence-electron chi connectivity index (χ0n) is 16.9. The fraction of sp³-hybridized carbons (Fsp3) is 0.421. The first-order valence-corrected chi connectivity index (χ1v) is 10.7. The summed E-state index contributed by atoms with van der Waals surface area (Å²) in [6.07, 6.45) is 3.97. The number of nitrogens with zero attached hydrogens (tertiary/aromatic N) is 2. The Hall–Kier alpha value is -1.66. The molecular weight excluding hydrogens is 508 g/mol. The highest BCUT2D eigenvalue weighted by Crippen LogP contribution is 2.10. The van der Waals surface area contributed by atoms with Crippen LogP contribution in [-0.2, 0) is 23.5 Å². The predicted molar refractivity (Wildman–Crippen MR) is 125 cm³/mol. The predicted octanol–water partition coefficient (Wildman–Crippen LogP) is 2.17. The molecule has 0 amide bonds. The summed E-state index contributed by atoms with van der Waals surface area (Å²) >= 11 is 0. The topological polar surface area (TPSA) is 87.5 Å². The van der Waals surface area contributed by atoms with Gasteiger partial charge in [-0.1, -0.05) is 6.07 Å². The van der Waals surface area contributed by atoms with E-state index in [0.717, 1.165) is 17.5 Å². The lowest BCUT2D eigenvalue weighted by molar-refractivity contribution is 0.582. The molecule has 0 fully saturated rings. The molecule has 2 rings (SSSR count). The average Bonchev–Trinajstić information content (AvgIpc) is 3.08. The number of rotatable bonds is 9. The molecule has 0 radical (unpaired) electrons. The fourth-order valence-corrected chi connectivity index (χ4v) is 3.74. The van der Waals surface area contributed by atoms with Crippen LogP contribution < -0.4 is 15.4 Å². The number of hydrogen-bond acceptors (Lipinski definition) is 3. The summed E-state index contributed by atoms with van der Waals surface area (Å²) in [5, 5.41) is 6.33. The first-order valence-electron chi connectivity index (χ1n) is 9.20. The van der Waals surface area contributed by atoms with Crippen molar-refractivity contribution >= 4 is 40.0 Å². The second-order valence-electron chi connectivity index (χ2n) is 6.42. The first kappa shape index (κ1) is 25.4. The molecule has 7 nitrogen and oxygen atoms in total. The van der Waals surface area contributed by atoms with Crippen molar-refractivity contribution < 1.29 is 12.8 Å². The molecule has 1 aromatic heterocycles. The van der Waals surface area contributed by atoms with E-state index in [9.17, 15) is 12.8 Å². The third kappa shape index (κ3) is 8.31. The minimum Gasteiger partial charge on any atom is -0.357 e. The van der Waals surface area contributed by atoms with Gasteiger partial charge in [0.25, 0.3) is 0 Å². The standard InChI is InChI=1S/C19H28FN5O2S.HI/c1-4-21-19(22-9-7-16-5-6-17(20)13-15(16)2)23-10-11-24-28(26,27)18-8-12-25(3)14-18;/h5-6,8,12-14,24H,4,7,9-11H2,1-3H3,(H2,21,22,23);1H. The number of aromatic nitrogens is 1. The van der Waals surface area contributed by atoms with Crippen LogP contribution in [0.25, 0.3) is 0 Å². The number of halogens is 2. The molecule has 162 valence electrons. The van der Waals surface area contributed by atoms with Crippen molar-refractivity contribution in [2.24, 2.45) is 12.0 Å². The molecule has 29 heavy (non-hydrogen) atoms. The van der Waals surface area contributed by atoms with Crippen molar-refractivity contribution in [3.05, 3.63) is 53.6 Å². The zero-order valence-corrected chi connectivity index (χ0v) is 20.1. The van der Waals surface area contributed by atoms with Crippen molar-refractivity contribution in [3.8, 4) is 0 Å². The van der Waals surface area contributed by atoms with Crippen molar-refractivity contribution in [2.45, 2.75) is 25.2 Å². The lowest BCUT2D eigenvalue weighted by Gasteiger charge is -2.12. The highest BCUT2D eigenvalue weighted by atomic mass is 127. The number of hydrogen-bond donors (Lipinski definition) is 3. The lowest BCUT2D eigenvalue weighted by atomic mass is 10.1. The largest absolute Gasteiger partial charge is 0.357 e. The highest BCUT2D eigenvalue weighted by molar-refractivity contribution is 14.0. The maximum atomic E-state index is 13.2. The normalized spacial score (nSPS) is 11.8. The molecule has 0 aliphatic rings. The van der Waals surface area contributed by atoms with E-state index in [-0.39, 0.29) is 41.2 Å². The van der Waals surface area contributed by atoms with Crippen LogP contribution in [0.3, 0.4) is 0 Å². The van der Waals surface area contributed by atoms with Crippen LogP contribution >= 0.6 is 24.0 Å². The first-order chi connectivity index (χ1) is 13.3. The van der Waals surface area contributed by atoms with E-state index in [4.69, 9.17) is 0 Å². The van der Waals surface area contributed by atoms with Gasteiger partial charge in [-0.05, 0) is 49.6 Å². The molecule has 10 heteroatoms. The van der Waals surface area contributed by atoms with Gasteiger partial charge in [-0.15, -0.1) is 24.0 Å². The summed E-state index contributed by atoms with van der Waals surface area (Å²) in [5.41, 5.74) is 1.99. The summed E-state index contributed by atoms with van der Waals surface area (Å²) in [5.74, 6) is 0.378. The third-order valence-corrected chi connectivity index (χ3v) is 5.57. The molecule has 0 spiro atoms. The lowest BCUT2D eigenvalue weighted by Crippen LogP contribution is -2.39. The molecule has 0 saturated heterocycles. The SMILES string of the molecule is CCNC(=NCCNS(=O)(=O)c1ccn(C)c1)NCCc1ccc(F)cc1C.I. The Balaban J connectivity index is 0.00000420. The van der Waals surface area contributed by atoms with E-state index in [1.165, 1.54) is 12.1 Å². The maximum absolute atomic E-state index is 13.2. The van der Waals surface area contributed by atoms with Gasteiger partial charge in [-0.3, -0.25) is 4.99 Å². The quantitative estimate of drug-likeness (QED) is 0.198. The molecule has 0 saturated carbocycles. The molecule has 1 aromatic carbocycles. The molecule has 0 aliphatic heterocycles. The zero-order chi connectivity index (χ0) is 20.6. The molecule has 0 atom stereocenters. The minimum absolute atomic E-state index is 0. The Morgan fingerprint density at radius 2 is 1.97 bits per heavy atom. The van der Waals surface area contributed by atoms with Crippen LogP contribution in [0.4, 0.5) is 4.39 Å². The molecule has 0 unspecified atom stereocenters. The molecule has 1 heterocycles.